The minimum absolute atomic E-state index is 0.223. The lowest BCUT2D eigenvalue weighted by Gasteiger charge is -2.44. The molecule has 2 saturated heterocycles. The lowest BCUT2D eigenvalue weighted by molar-refractivity contribution is -0.152. The van der Waals surface area contributed by atoms with Gasteiger partial charge < -0.3 is 10.2 Å². The summed E-state index contributed by atoms with van der Waals surface area (Å²) in [7, 11) is 0. The Morgan fingerprint density at radius 3 is 2.82 bits per heavy atom. The third-order valence-corrected chi connectivity index (χ3v) is 6.45. The van der Waals surface area contributed by atoms with E-state index in [2.05, 4.69) is 36.0 Å². The Balaban J connectivity index is 1.53. The van der Waals surface area contributed by atoms with E-state index in [1.165, 1.54) is 0 Å². The van der Waals surface area contributed by atoms with Crippen LogP contribution in [0.25, 0.3) is 10.4 Å². The molecule has 0 spiro atoms. The number of aromatic nitrogens is 4. The molecule has 28 heavy (non-hydrogen) atoms. The highest BCUT2D eigenvalue weighted by molar-refractivity contribution is 8.01. The van der Waals surface area contributed by atoms with Crippen LogP contribution in [0, 0.1) is 0 Å². The molecular weight excluding hydrogens is 382 g/mol. The maximum atomic E-state index is 12.8. The zero-order valence-corrected chi connectivity index (χ0v) is 15.9. The van der Waals surface area contributed by atoms with Crippen LogP contribution in [0.3, 0.4) is 0 Å². The molecule has 2 aromatic rings. The van der Waals surface area contributed by atoms with E-state index in [0.29, 0.717) is 11.4 Å². The summed E-state index contributed by atoms with van der Waals surface area (Å²) in [5.74, 6) is -0.295. The summed E-state index contributed by atoms with van der Waals surface area (Å²) in [6, 6.07) is 6.63. The van der Waals surface area contributed by atoms with Gasteiger partial charge in [0.05, 0.1) is 0 Å². The lowest BCUT2D eigenvalue weighted by Crippen LogP contribution is -2.68. The molecule has 1 aromatic carbocycles. The number of aromatic amines is 1. The first-order valence-electron chi connectivity index (χ1n) is 8.57. The van der Waals surface area contributed by atoms with Gasteiger partial charge in [-0.25, -0.2) is 0 Å². The number of hydrogen-bond acceptors (Lipinski definition) is 7. The molecule has 2 aliphatic rings. The molecule has 3 heterocycles. The zero-order chi connectivity index (χ0) is 19.9. The van der Waals surface area contributed by atoms with Gasteiger partial charge in [-0.2, -0.15) is 5.21 Å². The third-order valence-electron chi connectivity index (χ3n) is 4.88. The zero-order valence-electron chi connectivity index (χ0n) is 15.1. The maximum Gasteiger partial charge on any atom is 0.249 e. The summed E-state index contributed by atoms with van der Waals surface area (Å²) in [5.41, 5.74) is 9.40. The first kappa shape index (κ1) is 18.3. The fraction of sp³-hybridized carbons (Fsp3) is 0.438. The molecule has 144 valence electrons. The van der Waals surface area contributed by atoms with Crippen molar-refractivity contribution < 1.29 is 9.59 Å². The van der Waals surface area contributed by atoms with E-state index >= 15 is 0 Å². The molecular formula is C16H17N9O2S. The van der Waals surface area contributed by atoms with Crippen LogP contribution in [0.5, 0.6) is 0 Å². The van der Waals surface area contributed by atoms with Crippen LogP contribution in [0.15, 0.2) is 35.4 Å². The number of benzene rings is 1. The molecule has 11 nitrogen and oxygen atoms in total. The Bertz CT molecular complexity index is 942. The van der Waals surface area contributed by atoms with Crippen LogP contribution in [-0.4, -0.2) is 53.5 Å². The quantitative estimate of drug-likeness (QED) is 0.336. The number of fused-ring (bicyclic) bond motifs is 1. The van der Waals surface area contributed by atoms with Gasteiger partial charge in [0.2, 0.25) is 11.8 Å². The summed E-state index contributed by atoms with van der Waals surface area (Å²) in [6.07, 6.45) is 0. The molecule has 0 radical (unpaired) electrons. The Labute approximate surface area is 163 Å². The van der Waals surface area contributed by atoms with Gasteiger partial charge in [-0.05, 0) is 24.9 Å². The van der Waals surface area contributed by atoms with Gasteiger partial charge in [0.1, 0.15) is 23.5 Å². The van der Waals surface area contributed by atoms with Crippen molar-refractivity contribution in [3.63, 3.8) is 0 Å². The molecule has 4 atom stereocenters. The number of thioether (sulfide) groups is 1. The summed E-state index contributed by atoms with van der Waals surface area (Å²) >= 11 is 1.56. The van der Waals surface area contributed by atoms with Crippen LogP contribution in [0.4, 0.5) is 0 Å². The predicted octanol–water partition coefficient (Wildman–Crippen LogP) is 1.47. The van der Waals surface area contributed by atoms with Crippen molar-refractivity contribution in [2.24, 2.45) is 5.11 Å². The van der Waals surface area contributed by atoms with Crippen LogP contribution < -0.4 is 5.32 Å². The van der Waals surface area contributed by atoms with Crippen LogP contribution in [-0.2, 0) is 9.59 Å². The number of hydrogen-bond donors (Lipinski definition) is 2. The first-order chi connectivity index (χ1) is 13.4. The number of H-pyrrole nitrogens is 1. The largest absolute Gasteiger partial charge is 0.341 e. The van der Waals surface area contributed by atoms with Crippen molar-refractivity contribution in [1.82, 2.24) is 30.8 Å². The predicted molar refractivity (Wildman–Crippen MR) is 99.5 cm³/mol. The third kappa shape index (κ3) is 2.86. The minimum Gasteiger partial charge on any atom is -0.341 e. The number of rotatable bonds is 5. The molecule has 3 unspecified atom stereocenters. The normalized spacial score (nSPS) is 26.0. The molecule has 12 heteroatoms. The number of tetrazole rings is 1. The van der Waals surface area contributed by atoms with E-state index in [1.807, 2.05) is 13.8 Å². The molecule has 0 aliphatic carbocycles. The molecule has 2 aliphatic heterocycles. The second kappa shape index (κ2) is 6.80. The van der Waals surface area contributed by atoms with E-state index in [4.69, 9.17) is 5.53 Å². The fourth-order valence-corrected chi connectivity index (χ4v) is 5.27. The van der Waals surface area contributed by atoms with Crippen LogP contribution in [0.1, 0.15) is 37.3 Å². The van der Waals surface area contributed by atoms with Crippen molar-refractivity contribution in [3.8, 4) is 0 Å². The van der Waals surface area contributed by atoms with Crippen molar-refractivity contribution in [2.75, 3.05) is 0 Å². The van der Waals surface area contributed by atoms with Crippen molar-refractivity contribution in [3.05, 3.63) is 52.2 Å². The van der Waals surface area contributed by atoms with Crippen LogP contribution in [0.2, 0.25) is 0 Å². The SMILES string of the molecule is CC1(C)S[C@@H]2C(NC(=O)C(N=[N+]=[N-])c3ccccc3)C(=O)N2C1c1nn[nH]n1. The van der Waals surface area contributed by atoms with Gasteiger partial charge in [-0.3, -0.25) is 9.59 Å². The van der Waals surface area contributed by atoms with E-state index in [-0.39, 0.29) is 22.1 Å². The Morgan fingerprint density at radius 2 is 2.18 bits per heavy atom. The second-order valence-electron chi connectivity index (χ2n) is 7.03. The highest BCUT2D eigenvalue weighted by Crippen LogP contribution is 2.56. The van der Waals surface area contributed by atoms with Gasteiger partial charge in [0, 0.05) is 9.66 Å². The number of nitrogens with zero attached hydrogens (tertiary/aromatic N) is 7. The number of carbonyl (C=O) groups excluding carboxylic acids is 2. The Hall–Kier alpha value is -3.11. The summed E-state index contributed by atoms with van der Waals surface area (Å²) in [6.45, 7) is 3.99. The van der Waals surface area contributed by atoms with E-state index in [9.17, 15) is 9.59 Å². The minimum atomic E-state index is -1.04. The van der Waals surface area contributed by atoms with Crippen molar-refractivity contribution in [2.45, 2.75) is 42.1 Å². The molecule has 2 fully saturated rings. The number of amides is 2. The van der Waals surface area contributed by atoms with Crippen molar-refractivity contribution >= 4 is 23.6 Å². The highest BCUT2D eigenvalue weighted by atomic mass is 32.2. The Kier molecular flexibility index (Phi) is 4.44. The van der Waals surface area contributed by atoms with Gasteiger partial charge in [0.15, 0.2) is 5.82 Å². The number of nitrogens with one attached hydrogen (secondary N) is 2. The number of azide groups is 1. The van der Waals surface area contributed by atoms with Gasteiger partial charge >= 0.3 is 0 Å². The lowest BCUT2D eigenvalue weighted by atomic mass is 9.95. The molecule has 2 amide bonds. The molecule has 0 saturated carbocycles. The summed E-state index contributed by atoms with van der Waals surface area (Å²) in [5, 5.41) is 20.2. The number of carbonyl (C=O) groups is 2. The van der Waals surface area contributed by atoms with Gasteiger partial charge in [-0.1, -0.05) is 40.7 Å². The topological polar surface area (TPSA) is 153 Å². The van der Waals surface area contributed by atoms with Crippen molar-refractivity contribution in [1.29, 1.82) is 0 Å². The average Bonchev–Trinajstić information content (AvgIpc) is 3.29. The van der Waals surface area contributed by atoms with E-state index in [0.717, 1.165) is 0 Å². The second-order valence-corrected chi connectivity index (χ2v) is 8.81. The molecule has 1 aromatic heterocycles. The first-order valence-corrected chi connectivity index (χ1v) is 9.45. The standard InChI is InChI=1S/C16H17N9O2S/c1-16(2)11(12-20-23-24-21-12)25-14(27)10(15(25)28-16)18-13(26)9(19-22-17)8-6-4-3-5-7-8/h3-7,9-11,15H,1-2H3,(H,18,26)(H,20,21,23,24)/t9?,10?,11?,15-/m1/s1. The van der Waals surface area contributed by atoms with Gasteiger partial charge in [-0.15, -0.1) is 22.0 Å². The average molecular weight is 399 g/mol. The summed E-state index contributed by atoms with van der Waals surface area (Å²) in [4.78, 5) is 30.0. The molecule has 0 bridgehead atoms. The monoisotopic (exact) mass is 399 g/mol. The van der Waals surface area contributed by atoms with Gasteiger partial charge in [0.25, 0.3) is 0 Å². The summed E-state index contributed by atoms with van der Waals surface area (Å²) < 4.78 is -0.354. The molecule has 4 rings (SSSR count). The fourth-order valence-electron chi connectivity index (χ4n) is 3.64. The van der Waals surface area contributed by atoms with E-state index < -0.39 is 18.0 Å². The molecule has 2 N–H and O–H groups in total. The Morgan fingerprint density at radius 1 is 1.43 bits per heavy atom. The van der Waals surface area contributed by atoms with E-state index in [1.54, 1.807) is 47.0 Å². The maximum absolute atomic E-state index is 12.8. The smallest absolute Gasteiger partial charge is 0.249 e. The number of β-lactam (4-membered cyclic amide) rings is 1. The highest BCUT2D eigenvalue weighted by Gasteiger charge is 2.63. The van der Waals surface area contributed by atoms with Crippen LogP contribution >= 0.6 is 11.8 Å².